The number of sulfonamides is 1. The standard InChI is InChI=1S/C34H40N4O8S/c1-38-18-10-3-2-5-11-22-21-34(22,32(41)37-47(43,44)25-16-17-25)36-30(39)26-19-24(20-27(26)31(38)40)46-33(42)35-28-14-8-9-15-29(28)45-23-12-6-4-7-13-23/h4-9,11-15,22,24-27H,2-3,10,16-21H2,1H3,(H,35,42)(H,36,39)(H,37,41)/b11-5-/t22-,24+,26+,27+,34+/m0/s1. The molecule has 0 radical (unpaired) electrons. The lowest BCUT2D eigenvalue weighted by Crippen LogP contribution is -2.54. The number of para-hydroxylation sites is 3. The average Bonchev–Trinajstić information content (AvgIpc) is 3.97. The molecule has 13 heteroatoms. The number of carbonyl (C=O) groups is 4. The lowest BCUT2D eigenvalue weighted by Gasteiger charge is -2.26. The van der Waals surface area contributed by atoms with Crippen LogP contribution in [0.5, 0.6) is 11.5 Å². The van der Waals surface area contributed by atoms with Gasteiger partial charge in [0.1, 0.15) is 17.4 Å². The first-order valence-electron chi connectivity index (χ1n) is 16.1. The molecule has 4 amide bonds. The molecule has 250 valence electrons. The molecule has 0 saturated heterocycles. The van der Waals surface area contributed by atoms with Crippen molar-refractivity contribution >= 4 is 39.5 Å². The monoisotopic (exact) mass is 664 g/mol. The quantitative estimate of drug-likeness (QED) is 0.373. The molecule has 3 fully saturated rings. The number of nitrogens with one attached hydrogen (secondary N) is 3. The molecule has 6 rings (SSSR count). The summed E-state index contributed by atoms with van der Waals surface area (Å²) in [4.78, 5) is 55.7. The van der Waals surface area contributed by atoms with E-state index in [1.54, 1.807) is 48.3 Å². The molecule has 0 aromatic heterocycles. The fourth-order valence-electron chi connectivity index (χ4n) is 6.46. The van der Waals surface area contributed by atoms with Crippen molar-refractivity contribution in [3.8, 4) is 11.5 Å². The molecule has 47 heavy (non-hydrogen) atoms. The van der Waals surface area contributed by atoms with Crippen LogP contribution < -0.4 is 20.1 Å². The molecule has 0 bridgehead atoms. The van der Waals surface area contributed by atoms with Crippen molar-refractivity contribution in [1.82, 2.24) is 14.9 Å². The molecule has 4 aliphatic rings. The fraction of sp³-hybridized carbons (Fsp3) is 0.471. The second-order valence-corrected chi connectivity index (χ2v) is 14.8. The van der Waals surface area contributed by atoms with Crippen molar-refractivity contribution in [1.29, 1.82) is 0 Å². The highest BCUT2D eigenvalue weighted by molar-refractivity contribution is 7.91. The Morgan fingerprint density at radius 2 is 1.70 bits per heavy atom. The van der Waals surface area contributed by atoms with Crippen LogP contribution in [0.15, 0.2) is 66.7 Å². The number of ether oxygens (including phenoxy) is 2. The van der Waals surface area contributed by atoms with Gasteiger partial charge in [-0.05, 0) is 75.6 Å². The number of fused-ring (bicyclic) bond motifs is 2. The molecule has 1 heterocycles. The minimum absolute atomic E-state index is 0.0598. The van der Waals surface area contributed by atoms with Crippen molar-refractivity contribution < 1.29 is 37.1 Å². The summed E-state index contributed by atoms with van der Waals surface area (Å²) in [5.41, 5.74) is -1.05. The first-order valence-corrected chi connectivity index (χ1v) is 17.7. The molecule has 1 aliphatic heterocycles. The largest absolute Gasteiger partial charge is 0.455 e. The van der Waals surface area contributed by atoms with E-state index in [2.05, 4.69) is 15.4 Å². The predicted octanol–water partition coefficient (Wildman–Crippen LogP) is 4.10. The number of benzene rings is 2. The summed E-state index contributed by atoms with van der Waals surface area (Å²) >= 11 is 0. The van der Waals surface area contributed by atoms with Crippen LogP contribution >= 0.6 is 0 Å². The molecular weight excluding hydrogens is 624 g/mol. The number of hydrogen-bond donors (Lipinski definition) is 3. The number of nitrogens with zero attached hydrogens (tertiary/aromatic N) is 1. The van der Waals surface area contributed by atoms with Gasteiger partial charge in [0.2, 0.25) is 21.8 Å². The number of allylic oxidation sites excluding steroid dienone is 1. The number of hydrogen-bond acceptors (Lipinski definition) is 8. The Hall–Kier alpha value is -4.39. The van der Waals surface area contributed by atoms with Crippen molar-refractivity contribution in [2.24, 2.45) is 17.8 Å². The minimum Gasteiger partial charge on any atom is -0.455 e. The van der Waals surface area contributed by atoms with Gasteiger partial charge in [-0.3, -0.25) is 24.4 Å². The van der Waals surface area contributed by atoms with E-state index in [4.69, 9.17) is 9.47 Å². The van der Waals surface area contributed by atoms with E-state index >= 15 is 0 Å². The second-order valence-electron chi connectivity index (χ2n) is 12.9. The van der Waals surface area contributed by atoms with Gasteiger partial charge in [0, 0.05) is 19.5 Å². The summed E-state index contributed by atoms with van der Waals surface area (Å²) in [7, 11) is -2.14. The Kier molecular flexibility index (Phi) is 9.27. The van der Waals surface area contributed by atoms with E-state index in [0.717, 1.165) is 19.3 Å². The lowest BCUT2D eigenvalue weighted by molar-refractivity contribution is -0.140. The summed E-state index contributed by atoms with van der Waals surface area (Å²) < 4.78 is 39.1. The molecule has 12 nitrogen and oxygen atoms in total. The Bertz CT molecular complexity index is 1660. The normalized spacial score (nSPS) is 28.5. The zero-order valence-electron chi connectivity index (χ0n) is 26.2. The van der Waals surface area contributed by atoms with Gasteiger partial charge in [-0.1, -0.05) is 42.5 Å². The van der Waals surface area contributed by atoms with Crippen LogP contribution in [0.25, 0.3) is 0 Å². The summed E-state index contributed by atoms with van der Waals surface area (Å²) in [6.45, 7) is 0.510. The predicted molar refractivity (Wildman–Crippen MR) is 173 cm³/mol. The molecule has 2 aromatic carbocycles. The average molecular weight is 665 g/mol. The van der Waals surface area contributed by atoms with Gasteiger partial charge in [0.15, 0.2) is 5.75 Å². The van der Waals surface area contributed by atoms with Crippen LogP contribution in [-0.4, -0.2) is 67.6 Å². The van der Waals surface area contributed by atoms with Crippen LogP contribution in [0.4, 0.5) is 10.5 Å². The van der Waals surface area contributed by atoms with Crippen molar-refractivity contribution in [2.75, 3.05) is 18.9 Å². The highest BCUT2D eigenvalue weighted by Crippen LogP contribution is 2.47. The fourth-order valence-corrected chi connectivity index (χ4v) is 7.82. The highest BCUT2D eigenvalue weighted by atomic mass is 32.2. The van der Waals surface area contributed by atoms with Gasteiger partial charge in [0.05, 0.1) is 22.8 Å². The number of amides is 4. The SMILES string of the molecule is CN1CCCC/C=C\[C@H]2C[C@@]2(C(=O)NS(=O)(=O)C2CC2)NC(=O)[C@@H]2C[C@@H](OC(=O)Nc3ccccc3Oc3ccccc3)C[C@H]2C1=O. The van der Waals surface area contributed by atoms with Gasteiger partial charge >= 0.3 is 6.09 Å². The van der Waals surface area contributed by atoms with Gasteiger partial charge in [0.25, 0.3) is 5.91 Å². The summed E-state index contributed by atoms with van der Waals surface area (Å²) in [6, 6.07) is 16.0. The van der Waals surface area contributed by atoms with E-state index < -0.39 is 56.7 Å². The van der Waals surface area contributed by atoms with Crippen LogP contribution in [-0.2, 0) is 29.1 Å². The molecule has 5 atom stereocenters. The zero-order chi connectivity index (χ0) is 33.2. The third kappa shape index (κ3) is 7.45. The first kappa shape index (κ1) is 32.5. The summed E-state index contributed by atoms with van der Waals surface area (Å²) in [5.74, 6) is -2.62. The van der Waals surface area contributed by atoms with E-state index in [9.17, 15) is 27.6 Å². The number of anilines is 1. The van der Waals surface area contributed by atoms with Crippen LogP contribution in [0.3, 0.4) is 0 Å². The van der Waals surface area contributed by atoms with Gasteiger partial charge in [-0.25, -0.2) is 13.2 Å². The molecule has 3 aliphatic carbocycles. The van der Waals surface area contributed by atoms with E-state index in [0.29, 0.717) is 36.6 Å². The van der Waals surface area contributed by atoms with Crippen molar-refractivity contribution in [2.45, 2.75) is 68.3 Å². The van der Waals surface area contributed by atoms with Gasteiger partial charge in [-0.15, -0.1) is 0 Å². The number of carbonyl (C=O) groups excluding carboxylic acids is 4. The van der Waals surface area contributed by atoms with Gasteiger partial charge in [-0.2, -0.15) is 0 Å². The maximum absolute atomic E-state index is 13.9. The summed E-state index contributed by atoms with van der Waals surface area (Å²) in [5, 5.41) is 4.96. The Labute approximate surface area is 274 Å². The van der Waals surface area contributed by atoms with Crippen LogP contribution in [0, 0.1) is 17.8 Å². The maximum atomic E-state index is 13.9. The smallest absolute Gasteiger partial charge is 0.412 e. The Balaban J connectivity index is 1.18. The number of rotatable bonds is 7. The first-order chi connectivity index (χ1) is 22.6. The van der Waals surface area contributed by atoms with E-state index in [-0.39, 0.29) is 31.1 Å². The topological polar surface area (TPSA) is 160 Å². The third-order valence-electron chi connectivity index (χ3n) is 9.37. The zero-order valence-corrected chi connectivity index (χ0v) is 27.0. The Morgan fingerprint density at radius 1 is 0.979 bits per heavy atom. The molecule has 3 saturated carbocycles. The maximum Gasteiger partial charge on any atom is 0.412 e. The molecule has 3 N–H and O–H groups in total. The second kappa shape index (κ2) is 13.4. The molecule has 2 aromatic rings. The molecule has 0 unspecified atom stereocenters. The highest BCUT2D eigenvalue weighted by Gasteiger charge is 2.62. The third-order valence-corrected chi connectivity index (χ3v) is 11.2. The van der Waals surface area contributed by atoms with Gasteiger partial charge < -0.3 is 19.7 Å². The molecule has 0 spiro atoms. The van der Waals surface area contributed by atoms with Crippen molar-refractivity contribution in [3.63, 3.8) is 0 Å². The van der Waals surface area contributed by atoms with Crippen LogP contribution in [0.1, 0.15) is 51.4 Å². The minimum atomic E-state index is -3.84. The van der Waals surface area contributed by atoms with Crippen LogP contribution in [0.2, 0.25) is 0 Å². The van der Waals surface area contributed by atoms with Crippen molar-refractivity contribution in [3.05, 3.63) is 66.7 Å². The summed E-state index contributed by atoms with van der Waals surface area (Å²) in [6.07, 6.45) is 5.98. The van der Waals surface area contributed by atoms with E-state index in [1.165, 1.54) is 0 Å². The molecular formula is C34H40N4O8S. The Morgan fingerprint density at radius 3 is 2.47 bits per heavy atom. The van der Waals surface area contributed by atoms with E-state index in [1.807, 2.05) is 30.4 Å². The lowest BCUT2D eigenvalue weighted by atomic mass is 9.93.